The molecule has 0 saturated carbocycles. The second-order valence-electron chi connectivity index (χ2n) is 6.64. The highest BCUT2D eigenvalue weighted by Crippen LogP contribution is 2.33. The third kappa shape index (κ3) is 3.70. The Balaban J connectivity index is 1.82. The number of aromatic nitrogens is 1. The molecule has 6 nitrogen and oxygen atoms in total. The highest BCUT2D eigenvalue weighted by Gasteiger charge is 2.40. The van der Waals surface area contributed by atoms with Crippen molar-refractivity contribution in [2.75, 3.05) is 25.9 Å². The fraction of sp³-hybridized carbons (Fsp3) is 0.529. The van der Waals surface area contributed by atoms with Crippen molar-refractivity contribution in [2.24, 2.45) is 5.41 Å². The molecule has 1 aliphatic heterocycles. The molecule has 1 fully saturated rings. The smallest absolute Gasteiger partial charge is 0.216 e. The molecule has 1 N–H and O–H groups in total. The lowest BCUT2D eigenvalue weighted by Crippen LogP contribution is -2.46. The Morgan fingerprint density at radius 3 is 2.88 bits per heavy atom. The molecule has 1 saturated heterocycles. The maximum atomic E-state index is 12.9. The van der Waals surface area contributed by atoms with Crippen molar-refractivity contribution in [1.29, 1.82) is 5.26 Å². The van der Waals surface area contributed by atoms with Gasteiger partial charge in [-0.05, 0) is 38.4 Å². The quantitative estimate of drug-likeness (QED) is 0.864. The van der Waals surface area contributed by atoms with Crippen LogP contribution in [0.5, 0.6) is 0 Å². The molecule has 2 atom stereocenters. The van der Waals surface area contributed by atoms with Crippen molar-refractivity contribution in [1.82, 2.24) is 14.6 Å². The van der Waals surface area contributed by atoms with Crippen LogP contribution in [-0.2, 0) is 10.0 Å². The molecule has 0 bridgehead atoms. The minimum absolute atomic E-state index is 0.158. The number of sulfonamides is 1. The Bertz CT molecular complexity index is 862. The SMILES string of the molecule is CC(c1nc2ccccc2s1)N(C)S(=O)(=O)CC1(C#N)CCCNC1. The third-order valence-electron chi connectivity index (χ3n) is 4.82. The largest absolute Gasteiger partial charge is 0.315 e. The molecule has 3 rings (SSSR count). The van der Waals surface area contributed by atoms with Gasteiger partial charge in [-0.1, -0.05) is 12.1 Å². The number of fused-ring (bicyclic) bond motifs is 1. The van der Waals surface area contributed by atoms with Crippen molar-refractivity contribution in [3.63, 3.8) is 0 Å². The van der Waals surface area contributed by atoms with E-state index in [0.29, 0.717) is 13.0 Å². The van der Waals surface area contributed by atoms with Gasteiger partial charge in [0, 0.05) is 13.6 Å². The van der Waals surface area contributed by atoms with E-state index < -0.39 is 15.4 Å². The van der Waals surface area contributed by atoms with Crippen LogP contribution in [0, 0.1) is 16.7 Å². The lowest BCUT2D eigenvalue weighted by Gasteiger charge is -2.33. The second kappa shape index (κ2) is 7.00. The van der Waals surface area contributed by atoms with Crippen LogP contribution in [0.1, 0.15) is 30.8 Å². The molecule has 134 valence electrons. The first-order valence-corrected chi connectivity index (χ1v) is 10.7. The first-order valence-electron chi connectivity index (χ1n) is 8.30. The predicted octanol–water partition coefficient (Wildman–Crippen LogP) is 2.51. The number of para-hydroxylation sites is 1. The zero-order valence-electron chi connectivity index (χ0n) is 14.4. The third-order valence-corrected chi connectivity index (χ3v) is 8.14. The monoisotopic (exact) mass is 378 g/mol. The van der Waals surface area contributed by atoms with Gasteiger partial charge in [0.25, 0.3) is 0 Å². The van der Waals surface area contributed by atoms with Gasteiger partial charge in [0.15, 0.2) is 0 Å². The molecule has 8 heteroatoms. The van der Waals surface area contributed by atoms with E-state index in [0.717, 1.165) is 28.2 Å². The van der Waals surface area contributed by atoms with Gasteiger partial charge in [-0.2, -0.15) is 9.57 Å². The molecule has 0 radical (unpaired) electrons. The Hall–Kier alpha value is -1.53. The van der Waals surface area contributed by atoms with Crippen molar-refractivity contribution in [3.05, 3.63) is 29.3 Å². The van der Waals surface area contributed by atoms with Crippen molar-refractivity contribution < 1.29 is 8.42 Å². The van der Waals surface area contributed by atoms with E-state index in [1.807, 2.05) is 31.2 Å². The number of nitriles is 1. The van der Waals surface area contributed by atoms with E-state index in [4.69, 9.17) is 0 Å². The van der Waals surface area contributed by atoms with Crippen LogP contribution in [-0.4, -0.2) is 43.6 Å². The molecule has 2 aromatic rings. The van der Waals surface area contributed by atoms with Gasteiger partial charge in [0.1, 0.15) is 5.01 Å². The molecule has 1 aromatic carbocycles. The van der Waals surface area contributed by atoms with Crippen LogP contribution >= 0.6 is 11.3 Å². The number of benzene rings is 1. The molecule has 2 unspecified atom stereocenters. The molecule has 2 heterocycles. The number of rotatable bonds is 5. The number of thiazole rings is 1. The summed E-state index contributed by atoms with van der Waals surface area (Å²) in [5.41, 5.74) is 0.0312. The molecule has 0 spiro atoms. The lowest BCUT2D eigenvalue weighted by atomic mass is 9.84. The van der Waals surface area contributed by atoms with Crippen LogP contribution in [0.15, 0.2) is 24.3 Å². The molecular formula is C17H22N4O2S2. The maximum Gasteiger partial charge on any atom is 0.216 e. The lowest BCUT2D eigenvalue weighted by molar-refractivity contribution is 0.308. The fourth-order valence-electron chi connectivity index (χ4n) is 3.13. The molecule has 1 aromatic heterocycles. The second-order valence-corrected chi connectivity index (χ2v) is 9.73. The zero-order valence-corrected chi connectivity index (χ0v) is 16.0. The number of piperidine rings is 1. The number of nitrogens with zero attached hydrogens (tertiary/aromatic N) is 3. The van der Waals surface area contributed by atoms with Crippen LogP contribution < -0.4 is 5.32 Å². The van der Waals surface area contributed by atoms with Crippen LogP contribution in [0.3, 0.4) is 0 Å². The summed E-state index contributed by atoms with van der Waals surface area (Å²) in [6, 6.07) is 9.66. The molecule has 25 heavy (non-hydrogen) atoms. The Morgan fingerprint density at radius 1 is 1.48 bits per heavy atom. The van der Waals surface area contributed by atoms with Gasteiger partial charge >= 0.3 is 0 Å². The standard InChI is InChI=1S/C17H22N4O2S2/c1-13(16-20-14-6-3-4-7-15(14)24-16)21(2)25(22,23)12-17(10-18)8-5-9-19-11-17/h3-4,6-7,13,19H,5,8-9,11-12H2,1-2H3. The van der Waals surface area contributed by atoms with Crippen LogP contribution in [0.2, 0.25) is 0 Å². The Labute approximate surface area is 152 Å². The highest BCUT2D eigenvalue weighted by molar-refractivity contribution is 7.89. The average molecular weight is 379 g/mol. The zero-order chi connectivity index (χ0) is 18.1. The summed E-state index contributed by atoms with van der Waals surface area (Å²) in [4.78, 5) is 4.57. The minimum Gasteiger partial charge on any atom is -0.315 e. The van der Waals surface area contributed by atoms with Gasteiger partial charge in [-0.3, -0.25) is 0 Å². The summed E-state index contributed by atoms with van der Waals surface area (Å²) < 4.78 is 28.2. The summed E-state index contributed by atoms with van der Waals surface area (Å²) in [5, 5.41) is 13.5. The molecule has 0 aliphatic carbocycles. The van der Waals surface area contributed by atoms with E-state index in [-0.39, 0.29) is 11.8 Å². The summed E-state index contributed by atoms with van der Waals surface area (Å²) in [5.74, 6) is -0.158. The van der Waals surface area contributed by atoms with Crippen LogP contribution in [0.25, 0.3) is 10.2 Å². The summed E-state index contributed by atoms with van der Waals surface area (Å²) in [6.45, 7) is 3.10. The first kappa shape index (κ1) is 18.3. The minimum atomic E-state index is -3.58. The van der Waals surface area contributed by atoms with E-state index in [1.165, 1.54) is 15.6 Å². The van der Waals surface area contributed by atoms with Crippen molar-refractivity contribution in [3.8, 4) is 6.07 Å². The topological polar surface area (TPSA) is 86.1 Å². The normalized spacial score (nSPS) is 22.8. The van der Waals surface area contributed by atoms with Crippen molar-refractivity contribution >= 4 is 31.6 Å². The summed E-state index contributed by atoms with van der Waals surface area (Å²) in [6.07, 6.45) is 1.43. The number of hydrogen-bond acceptors (Lipinski definition) is 6. The van der Waals surface area contributed by atoms with Gasteiger partial charge < -0.3 is 5.32 Å². The van der Waals surface area contributed by atoms with Gasteiger partial charge in [-0.15, -0.1) is 11.3 Å². The van der Waals surface area contributed by atoms with E-state index in [2.05, 4.69) is 16.4 Å². The molecule has 1 aliphatic rings. The predicted molar refractivity (Wildman–Crippen MR) is 99.7 cm³/mol. The highest BCUT2D eigenvalue weighted by atomic mass is 32.2. The summed E-state index contributed by atoms with van der Waals surface area (Å²) in [7, 11) is -2.00. The Kier molecular flexibility index (Phi) is 5.11. The average Bonchev–Trinajstić information content (AvgIpc) is 3.05. The number of hydrogen-bond donors (Lipinski definition) is 1. The summed E-state index contributed by atoms with van der Waals surface area (Å²) >= 11 is 1.51. The van der Waals surface area contributed by atoms with Crippen LogP contribution in [0.4, 0.5) is 0 Å². The first-order chi connectivity index (χ1) is 11.9. The Morgan fingerprint density at radius 2 is 2.24 bits per heavy atom. The van der Waals surface area contributed by atoms with Gasteiger partial charge in [0.05, 0.1) is 33.5 Å². The van der Waals surface area contributed by atoms with Gasteiger partial charge in [0.2, 0.25) is 10.0 Å². The van der Waals surface area contributed by atoms with E-state index in [9.17, 15) is 13.7 Å². The molecular weight excluding hydrogens is 356 g/mol. The van der Waals surface area contributed by atoms with Gasteiger partial charge in [-0.25, -0.2) is 13.4 Å². The van der Waals surface area contributed by atoms with E-state index >= 15 is 0 Å². The van der Waals surface area contributed by atoms with E-state index in [1.54, 1.807) is 7.05 Å². The fourth-order valence-corrected chi connectivity index (χ4v) is 6.06. The number of nitrogens with one attached hydrogen (secondary N) is 1. The maximum absolute atomic E-state index is 12.9. The molecule has 0 amide bonds. The van der Waals surface area contributed by atoms with Crippen molar-refractivity contribution in [2.45, 2.75) is 25.8 Å².